The smallest absolute Gasteiger partial charge is 0.178 e. The highest BCUT2D eigenvalue weighted by Gasteiger charge is 2.13. The molecule has 0 amide bonds. The molecule has 0 fully saturated rings. The summed E-state index contributed by atoms with van der Waals surface area (Å²) in [4.78, 5) is 0.390. The van der Waals surface area contributed by atoms with Crippen LogP contribution in [0, 0.1) is 0 Å². The molecule has 0 aliphatic carbocycles. The van der Waals surface area contributed by atoms with E-state index >= 15 is 0 Å². The summed E-state index contributed by atoms with van der Waals surface area (Å²) in [6.45, 7) is 1.87. The van der Waals surface area contributed by atoms with Gasteiger partial charge in [0.2, 0.25) is 0 Å². The third-order valence-electron chi connectivity index (χ3n) is 3.44. The van der Waals surface area contributed by atoms with Crippen LogP contribution in [0.2, 0.25) is 0 Å². The van der Waals surface area contributed by atoms with Crippen LogP contribution in [0.1, 0.15) is 30.5 Å². The molecule has 0 heterocycles. The van der Waals surface area contributed by atoms with Crippen molar-refractivity contribution in [2.24, 2.45) is 5.73 Å². The summed E-state index contributed by atoms with van der Waals surface area (Å²) < 4.78 is 23.9. The molecular weight excluding hydrogens is 282 g/mol. The number of rotatable bonds is 6. The van der Waals surface area contributed by atoms with Crippen LogP contribution in [0.3, 0.4) is 0 Å². The maximum absolute atomic E-state index is 12.0. The van der Waals surface area contributed by atoms with Crippen molar-refractivity contribution in [3.8, 4) is 0 Å². The van der Waals surface area contributed by atoms with Gasteiger partial charge in [0, 0.05) is 6.04 Å². The standard InChI is InChI=1S/C17H21NO2S/c1-2-12-21(19,20)16-10-8-14(9-11-16)13-17(18)15-6-4-3-5-7-15/h3-11,17H,2,12-13,18H2,1H3. The molecule has 2 aromatic carbocycles. The Morgan fingerprint density at radius 2 is 1.62 bits per heavy atom. The third kappa shape index (κ3) is 4.16. The summed E-state index contributed by atoms with van der Waals surface area (Å²) in [7, 11) is -3.14. The Bertz CT molecular complexity index is 664. The van der Waals surface area contributed by atoms with Crippen LogP contribution in [0.5, 0.6) is 0 Å². The molecule has 0 bridgehead atoms. The maximum atomic E-state index is 12.0. The number of nitrogens with two attached hydrogens (primary N) is 1. The highest BCUT2D eigenvalue weighted by Crippen LogP contribution is 2.18. The van der Waals surface area contributed by atoms with Crippen molar-refractivity contribution in [1.82, 2.24) is 0 Å². The van der Waals surface area contributed by atoms with Crippen molar-refractivity contribution in [3.63, 3.8) is 0 Å². The molecule has 2 aromatic rings. The molecule has 112 valence electrons. The highest BCUT2D eigenvalue weighted by molar-refractivity contribution is 7.91. The Morgan fingerprint density at radius 3 is 2.19 bits per heavy atom. The minimum atomic E-state index is -3.14. The van der Waals surface area contributed by atoms with Crippen LogP contribution in [-0.4, -0.2) is 14.2 Å². The van der Waals surface area contributed by atoms with E-state index in [1.165, 1.54) is 0 Å². The van der Waals surface area contributed by atoms with E-state index in [4.69, 9.17) is 5.73 Å². The summed E-state index contributed by atoms with van der Waals surface area (Å²) in [5.74, 6) is 0.190. The molecule has 0 saturated carbocycles. The fraction of sp³-hybridized carbons (Fsp3) is 0.294. The number of hydrogen-bond acceptors (Lipinski definition) is 3. The van der Waals surface area contributed by atoms with Gasteiger partial charge < -0.3 is 5.73 Å². The van der Waals surface area contributed by atoms with Crippen LogP contribution in [0.15, 0.2) is 59.5 Å². The number of sulfone groups is 1. The van der Waals surface area contributed by atoms with Gasteiger partial charge in [-0.25, -0.2) is 8.42 Å². The van der Waals surface area contributed by atoms with Crippen molar-refractivity contribution in [2.75, 3.05) is 5.75 Å². The molecule has 21 heavy (non-hydrogen) atoms. The number of benzene rings is 2. The maximum Gasteiger partial charge on any atom is 0.178 e. The lowest BCUT2D eigenvalue weighted by molar-refractivity contribution is 0.594. The predicted octanol–water partition coefficient (Wildman–Crippen LogP) is 3.11. The molecule has 0 radical (unpaired) electrons. The van der Waals surface area contributed by atoms with Crippen LogP contribution in [0.25, 0.3) is 0 Å². The van der Waals surface area contributed by atoms with Crippen LogP contribution in [-0.2, 0) is 16.3 Å². The van der Waals surface area contributed by atoms with Gasteiger partial charge in [-0.05, 0) is 36.1 Å². The highest BCUT2D eigenvalue weighted by atomic mass is 32.2. The Hall–Kier alpha value is -1.65. The van der Waals surface area contributed by atoms with E-state index in [0.29, 0.717) is 17.7 Å². The fourth-order valence-corrected chi connectivity index (χ4v) is 3.62. The molecule has 0 aromatic heterocycles. The van der Waals surface area contributed by atoms with Gasteiger partial charge in [0.25, 0.3) is 0 Å². The Labute approximate surface area is 126 Å². The van der Waals surface area contributed by atoms with E-state index < -0.39 is 9.84 Å². The molecule has 0 spiro atoms. The van der Waals surface area contributed by atoms with Crippen molar-refractivity contribution in [3.05, 3.63) is 65.7 Å². The molecular formula is C17H21NO2S. The molecule has 1 atom stereocenters. The third-order valence-corrected chi connectivity index (χ3v) is 5.37. The second kappa shape index (κ2) is 6.87. The SMILES string of the molecule is CCCS(=O)(=O)c1ccc(CC(N)c2ccccc2)cc1. The van der Waals surface area contributed by atoms with Gasteiger partial charge >= 0.3 is 0 Å². The first-order valence-corrected chi connectivity index (χ1v) is 8.80. The Balaban J connectivity index is 2.10. The van der Waals surface area contributed by atoms with Gasteiger partial charge in [-0.1, -0.05) is 49.4 Å². The van der Waals surface area contributed by atoms with Gasteiger partial charge in [0.05, 0.1) is 10.6 Å². The monoisotopic (exact) mass is 303 g/mol. The number of hydrogen-bond donors (Lipinski definition) is 1. The quantitative estimate of drug-likeness (QED) is 0.892. The summed E-state index contributed by atoms with van der Waals surface area (Å²) in [5, 5.41) is 0. The molecule has 2 rings (SSSR count). The van der Waals surface area contributed by atoms with E-state index in [1.807, 2.05) is 49.4 Å². The minimum absolute atomic E-state index is 0.0794. The fourth-order valence-electron chi connectivity index (χ4n) is 2.29. The second-order valence-electron chi connectivity index (χ2n) is 5.18. The first kappa shape index (κ1) is 15.7. The predicted molar refractivity (Wildman–Crippen MR) is 85.9 cm³/mol. The zero-order valence-electron chi connectivity index (χ0n) is 12.2. The first-order chi connectivity index (χ1) is 10.0. The van der Waals surface area contributed by atoms with Gasteiger partial charge in [0.15, 0.2) is 9.84 Å². The van der Waals surface area contributed by atoms with Crippen LogP contribution in [0.4, 0.5) is 0 Å². The minimum Gasteiger partial charge on any atom is -0.324 e. The van der Waals surface area contributed by atoms with Crippen molar-refractivity contribution in [1.29, 1.82) is 0 Å². The topological polar surface area (TPSA) is 60.2 Å². The van der Waals surface area contributed by atoms with Gasteiger partial charge in [-0.15, -0.1) is 0 Å². The lowest BCUT2D eigenvalue weighted by Crippen LogP contribution is -2.13. The average Bonchev–Trinajstić information content (AvgIpc) is 2.48. The van der Waals surface area contributed by atoms with Crippen molar-refractivity contribution < 1.29 is 8.42 Å². The summed E-state index contributed by atoms with van der Waals surface area (Å²) in [5.41, 5.74) is 8.31. The Kier molecular flexibility index (Phi) is 5.15. The molecule has 2 N–H and O–H groups in total. The van der Waals surface area contributed by atoms with Gasteiger partial charge in [-0.2, -0.15) is 0 Å². The average molecular weight is 303 g/mol. The van der Waals surface area contributed by atoms with Crippen LogP contribution < -0.4 is 5.73 Å². The van der Waals surface area contributed by atoms with E-state index in [-0.39, 0.29) is 11.8 Å². The largest absolute Gasteiger partial charge is 0.324 e. The lowest BCUT2D eigenvalue weighted by Gasteiger charge is -2.12. The van der Waals surface area contributed by atoms with E-state index in [0.717, 1.165) is 11.1 Å². The molecule has 4 heteroatoms. The zero-order valence-corrected chi connectivity index (χ0v) is 13.0. The molecule has 0 saturated heterocycles. The van der Waals surface area contributed by atoms with E-state index in [1.54, 1.807) is 12.1 Å². The molecule has 0 aliphatic rings. The summed E-state index contributed by atoms with van der Waals surface area (Å²) in [6, 6.07) is 16.9. The van der Waals surface area contributed by atoms with Crippen LogP contribution >= 0.6 is 0 Å². The molecule has 0 aliphatic heterocycles. The molecule has 1 unspecified atom stereocenters. The van der Waals surface area contributed by atoms with Crippen molar-refractivity contribution in [2.45, 2.75) is 30.7 Å². The summed E-state index contributed by atoms with van der Waals surface area (Å²) in [6.07, 6.45) is 1.32. The zero-order chi connectivity index (χ0) is 15.3. The first-order valence-electron chi connectivity index (χ1n) is 7.15. The normalized spacial score (nSPS) is 13.0. The second-order valence-corrected chi connectivity index (χ2v) is 7.29. The van der Waals surface area contributed by atoms with E-state index in [9.17, 15) is 8.42 Å². The van der Waals surface area contributed by atoms with E-state index in [2.05, 4.69) is 0 Å². The lowest BCUT2D eigenvalue weighted by atomic mass is 10.00. The molecule has 3 nitrogen and oxygen atoms in total. The summed E-state index contributed by atoms with van der Waals surface area (Å²) >= 11 is 0. The Morgan fingerprint density at radius 1 is 1.00 bits per heavy atom. The van der Waals surface area contributed by atoms with Crippen molar-refractivity contribution >= 4 is 9.84 Å². The van der Waals surface area contributed by atoms with Gasteiger partial charge in [0.1, 0.15) is 0 Å². The van der Waals surface area contributed by atoms with Gasteiger partial charge in [-0.3, -0.25) is 0 Å².